The molecule has 0 unspecified atom stereocenters. The van der Waals surface area contributed by atoms with Crippen LogP contribution in [0.15, 0.2) is 0 Å². The maximum Gasteiger partial charge on any atom is 0.351 e. The topological polar surface area (TPSA) is 3.24 Å². The van der Waals surface area contributed by atoms with Crippen LogP contribution >= 0.6 is 0 Å². The average Bonchev–Trinajstić information content (AvgIpc) is 1.19. The zero-order valence-electron chi connectivity index (χ0n) is 6.08. The third-order valence-corrected chi connectivity index (χ3v) is 0. The summed E-state index contributed by atoms with van der Waals surface area (Å²) in [5.74, 6) is -3.86. The zero-order chi connectivity index (χ0) is 8.08. The highest BCUT2D eigenvalue weighted by atomic mass is 28.1. The standard InChI is InChI=1S/C3H9N.CH3F3Si/c1-4(2)3;2-1(3,4)5/h1-3H3;5H3. The van der Waals surface area contributed by atoms with E-state index in [9.17, 15) is 13.2 Å². The number of halogens is 3. The Labute approximate surface area is 56.3 Å². The summed E-state index contributed by atoms with van der Waals surface area (Å²) < 4.78 is 31.2. The molecule has 5 heteroatoms. The van der Waals surface area contributed by atoms with Gasteiger partial charge in [-0.1, -0.05) is 0 Å². The van der Waals surface area contributed by atoms with E-state index in [0.29, 0.717) is 0 Å². The third-order valence-electron chi connectivity index (χ3n) is 0. The number of hydrogen-bond acceptors (Lipinski definition) is 1. The molecule has 0 rings (SSSR count). The van der Waals surface area contributed by atoms with Crippen LogP contribution in [0, 0.1) is 0 Å². The molecule has 0 aromatic heterocycles. The van der Waals surface area contributed by atoms with Crippen LogP contribution < -0.4 is 0 Å². The van der Waals surface area contributed by atoms with Crippen LogP contribution in [0.4, 0.5) is 13.2 Å². The lowest BCUT2D eigenvalue weighted by Crippen LogP contribution is -2.03. The molecule has 1 nitrogen and oxygen atoms in total. The molecular weight excluding hydrogens is 147 g/mol. The van der Waals surface area contributed by atoms with Gasteiger partial charge < -0.3 is 4.90 Å². The molecule has 0 aliphatic carbocycles. The highest BCUT2D eigenvalue weighted by Crippen LogP contribution is 2.05. The Morgan fingerprint density at radius 1 is 1.11 bits per heavy atom. The number of rotatable bonds is 0. The van der Waals surface area contributed by atoms with Crippen molar-refractivity contribution in [2.24, 2.45) is 0 Å². The highest BCUT2D eigenvalue weighted by molar-refractivity contribution is 6.11. The summed E-state index contributed by atoms with van der Waals surface area (Å²) in [6, 6.07) is 0. The molecule has 0 aromatic rings. The van der Waals surface area contributed by atoms with Gasteiger partial charge in [0.2, 0.25) is 0 Å². The van der Waals surface area contributed by atoms with Crippen LogP contribution in [0.3, 0.4) is 0 Å². The van der Waals surface area contributed by atoms with Gasteiger partial charge in [0.15, 0.2) is 0 Å². The predicted molar refractivity (Wildman–Crippen MR) is 35.6 cm³/mol. The Balaban J connectivity index is 0. The van der Waals surface area contributed by atoms with E-state index in [2.05, 4.69) is 0 Å². The summed E-state index contributed by atoms with van der Waals surface area (Å²) in [5.41, 5.74) is 0. The van der Waals surface area contributed by atoms with Crippen LogP contribution in [-0.4, -0.2) is 42.1 Å². The minimum atomic E-state index is -3.86. The molecule has 0 aliphatic heterocycles. The van der Waals surface area contributed by atoms with E-state index in [4.69, 9.17) is 0 Å². The summed E-state index contributed by atoms with van der Waals surface area (Å²) in [6.07, 6.45) is 0. The largest absolute Gasteiger partial charge is 0.351 e. The maximum absolute atomic E-state index is 10.4. The van der Waals surface area contributed by atoms with Gasteiger partial charge in [0, 0.05) is 0 Å². The lowest BCUT2D eigenvalue weighted by atomic mass is 11.0. The van der Waals surface area contributed by atoms with Crippen molar-refractivity contribution in [2.75, 3.05) is 21.1 Å². The molecule has 0 spiro atoms. The Hall–Kier alpha value is -0.0331. The first-order valence-electron chi connectivity index (χ1n) is 2.41. The summed E-state index contributed by atoms with van der Waals surface area (Å²) in [4.78, 5) is 2.00. The SMILES string of the molecule is CN(C)C.FC(F)(F)[SiH3]. The lowest BCUT2D eigenvalue weighted by Gasteiger charge is -1.90. The fourth-order valence-corrected chi connectivity index (χ4v) is 0. The van der Waals surface area contributed by atoms with Gasteiger partial charge in [0.25, 0.3) is 0 Å². The lowest BCUT2D eigenvalue weighted by molar-refractivity contribution is -0.0429. The molecule has 9 heavy (non-hydrogen) atoms. The number of nitrogens with zero attached hydrogens (tertiary/aromatic N) is 1. The van der Waals surface area contributed by atoms with Gasteiger partial charge in [-0.2, -0.15) is 13.2 Å². The van der Waals surface area contributed by atoms with E-state index in [1.807, 2.05) is 26.0 Å². The van der Waals surface area contributed by atoms with Crippen molar-refractivity contribution < 1.29 is 13.2 Å². The maximum atomic E-state index is 10.4. The second-order valence-corrected chi connectivity index (χ2v) is 3.26. The smallest absolute Gasteiger partial charge is 0.312 e. The van der Waals surface area contributed by atoms with Crippen molar-refractivity contribution in [1.29, 1.82) is 0 Å². The summed E-state index contributed by atoms with van der Waals surface area (Å²) >= 11 is 0. The molecule has 0 atom stereocenters. The Morgan fingerprint density at radius 3 is 1.11 bits per heavy atom. The highest BCUT2D eigenvalue weighted by Gasteiger charge is 2.14. The second kappa shape index (κ2) is 4.81. The predicted octanol–water partition coefficient (Wildman–Crippen LogP) is 0.0494. The second-order valence-electron chi connectivity index (χ2n) is 2.12. The van der Waals surface area contributed by atoms with E-state index < -0.39 is 16.0 Å². The molecule has 0 amide bonds. The Kier molecular flexibility index (Phi) is 6.27. The van der Waals surface area contributed by atoms with E-state index in [-0.39, 0.29) is 0 Å². The molecule has 0 radical (unpaired) electrons. The van der Waals surface area contributed by atoms with Crippen molar-refractivity contribution >= 4 is 10.2 Å². The normalized spacial score (nSPS) is 11.0. The first kappa shape index (κ1) is 11.7. The first-order chi connectivity index (χ1) is 3.73. The van der Waals surface area contributed by atoms with E-state index >= 15 is 0 Å². The van der Waals surface area contributed by atoms with Gasteiger partial charge in [0.1, 0.15) is 10.2 Å². The Morgan fingerprint density at radius 2 is 1.11 bits per heavy atom. The molecule has 0 aromatic carbocycles. The molecule has 0 N–H and O–H groups in total. The minimum Gasteiger partial charge on any atom is -0.312 e. The van der Waals surface area contributed by atoms with Crippen molar-refractivity contribution in [3.8, 4) is 0 Å². The zero-order valence-corrected chi connectivity index (χ0v) is 8.08. The van der Waals surface area contributed by atoms with Crippen LogP contribution in [0.25, 0.3) is 0 Å². The molecule has 0 heterocycles. The van der Waals surface area contributed by atoms with Crippen molar-refractivity contribution in [1.82, 2.24) is 4.90 Å². The molecule has 0 fully saturated rings. The van der Waals surface area contributed by atoms with Gasteiger partial charge in [-0.25, -0.2) is 0 Å². The quantitative estimate of drug-likeness (QED) is 0.451. The van der Waals surface area contributed by atoms with Crippen LogP contribution in [0.1, 0.15) is 0 Å². The molecule has 0 bridgehead atoms. The number of alkyl halides is 3. The summed E-state index contributed by atoms with van der Waals surface area (Å²) in [6.45, 7) is 0. The van der Waals surface area contributed by atoms with Crippen molar-refractivity contribution in [3.63, 3.8) is 0 Å². The van der Waals surface area contributed by atoms with Gasteiger partial charge in [-0.15, -0.1) is 0 Å². The third kappa shape index (κ3) is 259000. The van der Waals surface area contributed by atoms with Gasteiger partial charge >= 0.3 is 5.80 Å². The van der Waals surface area contributed by atoms with E-state index in [1.165, 1.54) is 0 Å². The molecular formula is C4H12F3NSi. The van der Waals surface area contributed by atoms with Gasteiger partial charge in [-0.05, 0) is 21.1 Å². The van der Waals surface area contributed by atoms with Crippen molar-refractivity contribution in [3.05, 3.63) is 0 Å². The summed E-state index contributed by atoms with van der Waals surface area (Å²) in [5, 5.41) is 0. The Bertz CT molecular complexity index is 52.6. The minimum absolute atomic E-state index is 0.692. The number of hydrogen-bond donors (Lipinski definition) is 0. The fraction of sp³-hybridized carbons (Fsp3) is 1.00. The molecule has 0 saturated carbocycles. The van der Waals surface area contributed by atoms with E-state index in [0.717, 1.165) is 0 Å². The average molecular weight is 159 g/mol. The molecule has 0 saturated heterocycles. The van der Waals surface area contributed by atoms with E-state index in [1.54, 1.807) is 0 Å². The molecule has 58 valence electrons. The fourth-order valence-electron chi connectivity index (χ4n) is 0. The van der Waals surface area contributed by atoms with Crippen LogP contribution in [-0.2, 0) is 0 Å². The monoisotopic (exact) mass is 159 g/mol. The van der Waals surface area contributed by atoms with Gasteiger partial charge in [-0.3, -0.25) is 0 Å². The van der Waals surface area contributed by atoms with Crippen LogP contribution in [0.2, 0.25) is 0 Å². The van der Waals surface area contributed by atoms with Gasteiger partial charge in [0.05, 0.1) is 0 Å². The van der Waals surface area contributed by atoms with Crippen LogP contribution in [0.5, 0.6) is 0 Å². The van der Waals surface area contributed by atoms with Crippen molar-refractivity contribution in [2.45, 2.75) is 5.80 Å². The molecule has 0 aliphatic rings. The summed E-state index contributed by atoms with van der Waals surface area (Å²) in [7, 11) is 5.31. The first-order valence-corrected chi connectivity index (χ1v) is 3.41.